The molecule has 0 radical (unpaired) electrons. The zero-order chi connectivity index (χ0) is 16.2. The van der Waals surface area contributed by atoms with Gasteiger partial charge in [-0.1, -0.05) is 13.3 Å². The minimum absolute atomic E-state index is 0.371. The first-order valence-corrected chi connectivity index (χ1v) is 7.69. The Balaban J connectivity index is 2.29. The normalized spacial score (nSPS) is 11.8. The molecule has 0 unspecified atom stereocenters. The van der Waals surface area contributed by atoms with E-state index in [0.717, 1.165) is 29.6 Å². The van der Waals surface area contributed by atoms with Gasteiger partial charge >= 0.3 is 6.09 Å². The summed E-state index contributed by atoms with van der Waals surface area (Å²) in [7, 11) is 0. The molecule has 0 bridgehead atoms. The van der Waals surface area contributed by atoms with Crippen molar-refractivity contribution < 1.29 is 14.3 Å². The topological polar surface area (TPSA) is 53.4 Å². The molecule has 0 aliphatic heterocycles. The number of pyridine rings is 1. The van der Waals surface area contributed by atoms with Gasteiger partial charge in [0.25, 0.3) is 0 Å². The molecule has 0 saturated heterocycles. The molecular formula is C17H24N2O3. The molecule has 5 nitrogen and oxygen atoms in total. The number of rotatable bonds is 5. The third kappa shape index (κ3) is 4.07. The lowest BCUT2D eigenvalue weighted by Crippen LogP contribution is -2.28. The zero-order valence-corrected chi connectivity index (χ0v) is 13.8. The van der Waals surface area contributed by atoms with Crippen LogP contribution in [0.2, 0.25) is 0 Å². The fourth-order valence-corrected chi connectivity index (χ4v) is 2.14. The summed E-state index contributed by atoms with van der Waals surface area (Å²) in [6.45, 7) is 8.73. The summed E-state index contributed by atoms with van der Waals surface area (Å²) in [5.41, 5.74) is 1.73. The van der Waals surface area contributed by atoms with Crippen LogP contribution in [-0.4, -0.2) is 27.9 Å². The van der Waals surface area contributed by atoms with Crippen molar-refractivity contribution in [2.45, 2.75) is 52.7 Å². The number of carbonyl (C=O) groups excluding carboxylic acids is 1. The van der Waals surface area contributed by atoms with Crippen LogP contribution >= 0.6 is 0 Å². The molecule has 0 aliphatic rings. The second kappa shape index (κ2) is 6.92. The summed E-state index contributed by atoms with van der Waals surface area (Å²) in [4.78, 5) is 16.8. The molecule has 0 amide bonds. The highest BCUT2D eigenvalue weighted by Gasteiger charge is 2.22. The molecule has 0 N–H and O–H groups in total. The summed E-state index contributed by atoms with van der Waals surface area (Å²) in [6, 6.07) is 5.55. The predicted octanol–water partition coefficient (Wildman–Crippen LogP) is 4.14. The van der Waals surface area contributed by atoms with E-state index in [0.29, 0.717) is 13.2 Å². The van der Waals surface area contributed by atoms with Crippen molar-refractivity contribution in [2.24, 2.45) is 0 Å². The molecule has 22 heavy (non-hydrogen) atoms. The molecular weight excluding hydrogens is 280 g/mol. The van der Waals surface area contributed by atoms with Crippen molar-refractivity contribution >= 4 is 17.1 Å². The van der Waals surface area contributed by atoms with Gasteiger partial charge in [-0.2, -0.15) is 0 Å². The highest BCUT2D eigenvalue weighted by atomic mass is 16.6. The molecule has 2 heterocycles. The van der Waals surface area contributed by atoms with Gasteiger partial charge in [0.15, 0.2) is 0 Å². The van der Waals surface area contributed by atoms with Crippen LogP contribution in [0.3, 0.4) is 0 Å². The Labute approximate surface area is 131 Å². The van der Waals surface area contributed by atoms with E-state index in [4.69, 9.17) is 9.47 Å². The first-order chi connectivity index (χ1) is 10.4. The van der Waals surface area contributed by atoms with Crippen LogP contribution in [0.4, 0.5) is 4.79 Å². The van der Waals surface area contributed by atoms with Crippen molar-refractivity contribution in [2.75, 3.05) is 6.61 Å². The summed E-state index contributed by atoms with van der Waals surface area (Å²) in [5, 5.41) is 0. The molecule has 5 heteroatoms. The standard InChI is InChI=1S/C17H24N2O3/c1-5-6-10-21-12-13-11-14-15(8-7-9-18-14)19(13)16(20)22-17(2,3)4/h7-9,11H,5-6,10,12H2,1-4H3. The molecule has 0 fully saturated rings. The number of hydrogen-bond donors (Lipinski definition) is 0. The average molecular weight is 304 g/mol. The Hall–Kier alpha value is -1.88. The van der Waals surface area contributed by atoms with Crippen LogP contribution in [0.1, 0.15) is 46.2 Å². The third-order valence-electron chi connectivity index (χ3n) is 3.12. The van der Waals surface area contributed by atoms with Gasteiger partial charge in [0.2, 0.25) is 0 Å². The van der Waals surface area contributed by atoms with Gasteiger partial charge in [-0.15, -0.1) is 0 Å². The first-order valence-electron chi connectivity index (χ1n) is 7.69. The van der Waals surface area contributed by atoms with E-state index >= 15 is 0 Å². The summed E-state index contributed by atoms with van der Waals surface area (Å²) >= 11 is 0. The van der Waals surface area contributed by atoms with E-state index in [1.807, 2.05) is 39.0 Å². The van der Waals surface area contributed by atoms with E-state index in [9.17, 15) is 4.79 Å². The van der Waals surface area contributed by atoms with E-state index in [1.165, 1.54) is 0 Å². The van der Waals surface area contributed by atoms with Crippen molar-refractivity contribution in [1.82, 2.24) is 9.55 Å². The number of unbranched alkanes of at least 4 members (excludes halogenated alkanes) is 1. The molecule has 0 saturated carbocycles. The zero-order valence-electron chi connectivity index (χ0n) is 13.8. The summed E-state index contributed by atoms with van der Waals surface area (Å²) < 4.78 is 12.7. The number of ether oxygens (including phenoxy) is 2. The predicted molar refractivity (Wildman–Crippen MR) is 85.9 cm³/mol. The first kappa shape index (κ1) is 16.5. The summed E-state index contributed by atoms with van der Waals surface area (Å²) in [6.07, 6.45) is 3.40. The maximum Gasteiger partial charge on any atom is 0.419 e. The van der Waals surface area contributed by atoms with Crippen molar-refractivity contribution in [3.63, 3.8) is 0 Å². The third-order valence-corrected chi connectivity index (χ3v) is 3.12. The Bertz CT molecular complexity index is 641. The lowest BCUT2D eigenvalue weighted by atomic mass is 10.2. The van der Waals surface area contributed by atoms with Gasteiger partial charge in [0.05, 0.1) is 23.3 Å². The summed E-state index contributed by atoms with van der Waals surface area (Å²) in [5.74, 6) is 0. The van der Waals surface area contributed by atoms with Crippen molar-refractivity contribution in [3.8, 4) is 0 Å². The minimum Gasteiger partial charge on any atom is -0.443 e. The average Bonchev–Trinajstić information content (AvgIpc) is 2.80. The van der Waals surface area contributed by atoms with E-state index in [-0.39, 0.29) is 0 Å². The highest BCUT2D eigenvalue weighted by Crippen LogP contribution is 2.21. The lowest BCUT2D eigenvalue weighted by molar-refractivity contribution is 0.0518. The number of hydrogen-bond acceptors (Lipinski definition) is 4. The van der Waals surface area contributed by atoms with Gasteiger partial charge in [0, 0.05) is 12.8 Å². The molecule has 120 valence electrons. The Morgan fingerprint density at radius 3 is 2.82 bits per heavy atom. The Morgan fingerprint density at radius 1 is 1.36 bits per heavy atom. The van der Waals surface area contributed by atoms with Gasteiger partial charge in [-0.3, -0.25) is 4.98 Å². The number of fused-ring (bicyclic) bond motifs is 1. The quantitative estimate of drug-likeness (QED) is 0.779. The van der Waals surface area contributed by atoms with Gasteiger partial charge < -0.3 is 9.47 Å². The minimum atomic E-state index is -0.545. The van der Waals surface area contributed by atoms with Crippen LogP contribution in [0.15, 0.2) is 24.4 Å². The second-order valence-electron chi connectivity index (χ2n) is 6.27. The molecule has 0 aromatic carbocycles. The highest BCUT2D eigenvalue weighted by molar-refractivity contribution is 5.88. The van der Waals surface area contributed by atoms with E-state index < -0.39 is 11.7 Å². The largest absolute Gasteiger partial charge is 0.443 e. The van der Waals surface area contributed by atoms with Crippen LogP contribution in [-0.2, 0) is 16.1 Å². The molecule has 2 aromatic heterocycles. The monoisotopic (exact) mass is 304 g/mol. The van der Waals surface area contributed by atoms with Crippen LogP contribution in [0.5, 0.6) is 0 Å². The number of carbonyl (C=O) groups is 1. The van der Waals surface area contributed by atoms with Crippen LogP contribution in [0.25, 0.3) is 11.0 Å². The molecule has 2 aromatic rings. The SMILES string of the molecule is CCCCOCc1cc2ncccc2n1C(=O)OC(C)(C)C. The van der Waals surface area contributed by atoms with Gasteiger partial charge in [-0.05, 0) is 45.4 Å². The maximum absolute atomic E-state index is 12.5. The van der Waals surface area contributed by atoms with Crippen LogP contribution < -0.4 is 0 Å². The van der Waals surface area contributed by atoms with E-state index in [2.05, 4.69) is 11.9 Å². The van der Waals surface area contributed by atoms with Crippen molar-refractivity contribution in [3.05, 3.63) is 30.1 Å². The number of nitrogens with zero attached hydrogens (tertiary/aromatic N) is 2. The van der Waals surface area contributed by atoms with Gasteiger partial charge in [-0.25, -0.2) is 9.36 Å². The van der Waals surface area contributed by atoms with Gasteiger partial charge in [0.1, 0.15) is 5.60 Å². The lowest BCUT2D eigenvalue weighted by Gasteiger charge is -2.20. The van der Waals surface area contributed by atoms with Crippen molar-refractivity contribution in [1.29, 1.82) is 0 Å². The fourth-order valence-electron chi connectivity index (χ4n) is 2.14. The molecule has 2 rings (SSSR count). The molecule has 0 spiro atoms. The maximum atomic E-state index is 12.5. The fraction of sp³-hybridized carbons (Fsp3) is 0.529. The van der Waals surface area contributed by atoms with Crippen LogP contribution in [0, 0.1) is 0 Å². The second-order valence-corrected chi connectivity index (χ2v) is 6.27. The smallest absolute Gasteiger partial charge is 0.419 e. The van der Waals surface area contributed by atoms with E-state index in [1.54, 1.807) is 10.8 Å². The molecule has 0 atom stereocenters. The Morgan fingerprint density at radius 2 is 2.14 bits per heavy atom. The molecule has 0 aliphatic carbocycles. The number of aromatic nitrogens is 2. The Kier molecular flexibility index (Phi) is 5.19.